The molecule has 1 atom stereocenters. The van der Waals surface area contributed by atoms with E-state index in [1.54, 1.807) is 26.4 Å². The summed E-state index contributed by atoms with van der Waals surface area (Å²) >= 11 is 0. The number of amides is 1. The molecular formula is C21H24FNO3. The van der Waals surface area contributed by atoms with Crippen molar-refractivity contribution in [2.24, 2.45) is 0 Å². The Hall–Kier alpha value is -2.56. The Morgan fingerprint density at radius 1 is 1.12 bits per heavy atom. The number of carbonyl (C=O) groups is 1. The van der Waals surface area contributed by atoms with E-state index in [-0.39, 0.29) is 17.6 Å². The van der Waals surface area contributed by atoms with E-state index < -0.39 is 0 Å². The van der Waals surface area contributed by atoms with Crippen molar-refractivity contribution in [3.05, 3.63) is 58.9 Å². The summed E-state index contributed by atoms with van der Waals surface area (Å²) in [5.74, 6) is 1.30. The summed E-state index contributed by atoms with van der Waals surface area (Å²) in [7, 11) is 3.24. The van der Waals surface area contributed by atoms with Gasteiger partial charge >= 0.3 is 0 Å². The van der Waals surface area contributed by atoms with Crippen LogP contribution in [0.25, 0.3) is 0 Å². The van der Waals surface area contributed by atoms with Crippen molar-refractivity contribution in [2.45, 2.75) is 32.2 Å². The Morgan fingerprint density at radius 2 is 1.73 bits per heavy atom. The van der Waals surface area contributed by atoms with Crippen LogP contribution in [0.15, 0.2) is 36.4 Å². The summed E-state index contributed by atoms with van der Waals surface area (Å²) in [5.41, 5.74) is 3.26. The van der Waals surface area contributed by atoms with Gasteiger partial charge in [0.2, 0.25) is 5.91 Å². The van der Waals surface area contributed by atoms with Gasteiger partial charge in [-0.25, -0.2) is 4.39 Å². The molecule has 1 aliphatic heterocycles. The standard InChI is InChI=1S/C21H24FNO3/c1-14(15-4-6-18(22)7-5-15)10-21(24)23-9-8-16-11-19(25-2)20(26-3)12-17(16)13-23/h4-7,11-12,14H,8-10,13H2,1-3H3. The van der Waals surface area contributed by atoms with Gasteiger partial charge in [0.05, 0.1) is 14.2 Å². The predicted molar refractivity (Wildman–Crippen MR) is 98.1 cm³/mol. The number of methoxy groups -OCH3 is 2. The van der Waals surface area contributed by atoms with Gasteiger partial charge in [-0.05, 0) is 53.3 Å². The lowest BCUT2D eigenvalue weighted by atomic mass is 9.95. The summed E-state index contributed by atoms with van der Waals surface area (Å²) in [6.07, 6.45) is 1.21. The third-order valence-corrected chi connectivity index (χ3v) is 4.99. The van der Waals surface area contributed by atoms with Crippen molar-refractivity contribution in [2.75, 3.05) is 20.8 Å². The van der Waals surface area contributed by atoms with E-state index in [1.165, 1.54) is 17.7 Å². The minimum Gasteiger partial charge on any atom is -0.493 e. The highest BCUT2D eigenvalue weighted by Crippen LogP contribution is 2.33. The second-order valence-corrected chi connectivity index (χ2v) is 6.70. The first-order valence-corrected chi connectivity index (χ1v) is 8.78. The SMILES string of the molecule is COc1cc2c(cc1OC)CN(C(=O)CC(C)c1ccc(F)cc1)CC2. The number of hydrogen-bond acceptors (Lipinski definition) is 3. The molecule has 5 heteroatoms. The maximum atomic E-state index is 13.1. The van der Waals surface area contributed by atoms with E-state index in [0.29, 0.717) is 25.3 Å². The molecule has 0 saturated heterocycles. The van der Waals surface area contributed by atoms with Crippen LogP contribution in [-0.2, 0) is 17.8 Å². The van der Waals surface area contributed by atoms with Gasteiger partial charge in [0.25, 0.3) is 0 Å². The predicted octanol–water partition coefficient (Wildman–Crippen LogP) is 3.92. The first-order valence-electron chi connectivity index (χ1n) is 8.78. The lowest BCUT2D eigenvalue weighted by molar-refractivity contribution is -0.132. The zero-order valence-electron chi connectivity index (χ0n) is 15.4. The molecule has 1 amide bonds. The van der Waals surface area contributed by atoms with Crippen molar-refractivity contribution in [1.29, 1.82) is 0 Å². The van der Waals surface area contributed by atoms with E-state index in [0.717, 1.165) is 23.3 Å². The van der Waals surface area contributed by atoms with Gasteiger partial charge in [0.15, 0.2) is 11.5 Å². The van der Waals surface area contributed by atoms with Crippen molar-refractivity contribution in [3.63, 3.8) is 0 Å². The van der Waals surface area contributed by atoms with Crippen LogP contribution in [0.3, 0.4) is 0 Å². The van der Waals surface area contributed by atoms with Gasteiger partial charge in [-0.3, -0.25) is 4.79 Å². The zero-order valence-corrected chi connectivity index (χ0v) is 15.4. The molecule has 1 heterocycles. The molecule has 0 spiro atoms. The fourth-order valence-corrected chi connectivity index (χ4v) is 3.40. The van der Waals surface area contributed by atoms with Crippen LogP contribution >= 0.6 is 0 Å². The number of halogens is 1. The average Bonchev–Trinajstić information content (AvgIpc) is 2.66. The Labute approximate surface area is 153 Å². The van der Waals surface area contributed by atoms with Crippen LogP contribution in [0.2, 0.25) is 0 Å². The molecule has 3 rings (SSSR count). The highest BCUT2D eigenvalue weighted by atomic mass is 19.1. The second-order valence-electron chi connectivity index (χ2n) is 6.70. The molecule has 1 unspecified atom stereocenters. The van der Waals surface area contributed by atoms with Gasteiger partial charge in [-0.15, -0.1) is 0 Å². The Morgan fingerprint density at radius 3 is 2.35 bits per heavy atom. The van der Waals surface area contributed by atoms with Crippen molar-refractivity contribution < 1.29 is 18.7 Å². The van der Waals surface area contributed by atoms with Gasteiger partial charge in [-0.1, -0.05) is 19.1 Å². The maximum absolute atomic E-state index is 13.1. The van der Waals surface area contributed by atoms with Crippen LogP contribution in [0.1, 0.15) is 36.0 Å². The number of hydrogen-bond donors (Lipinski definition) is 0. The summed E-state index contributed by atoms with van der Waals surface area (Å²) in [6.45, 7) is 3.26. The highest BCUT2D eigenvalue weighted by Gasteiger charge is 2.24. The van der Waals surface area contributed by atoms with Crippen LogP contribution in [-0.4, -0.2) is 31.6 Å². The lowest BCUT2D eigenvalue weighted by Gasteiger charge is -2.30. The molecule has 138 valence electrons. The Kier molecular flexibility index (Phi) is 5.45. The van der Waals surface area contributed by atoms with Gasteiger partial charge in [0, 0.05) is 19.5 Å². The fourth-order valence-electron chi connectivity index (χ4n) is 3.40. The van der Waals surface area contributed by atoms with E-state index in [2.05, 4.69) is 0 Å². The van der Waals surface area contributed by atoms with Crippen molar-refractivity contribution in [1.82, 2.24) is 4.90 Å². The number of ether oxygens (including phenoxy) is 2. The molecule has 0 radical (unpaired) electrons. The molecule has 26 heavy (non-hydrogen) atoms. The first-order chi connectivity index (χ1) is 12.5. The largest absolute Gasteiger partial charge is 0.493 e. The van der Waals surface area contributed by atoms with E-state index >= 15 is 0 Å². The molecule has 0 N–H and O–H groups in total. The van der Waals surface area contributed by atoms with Gasteiger partial charge in [-0.2, -0.15) is 0 Å². The second kappa shape index (κ2) is 7.77. The Bertz CT molecular complexity index is 789. The molecule has 4 nitrogen and oxygen atoms in total. The van der Waals surface area contributed by atoms with Crippen LogP contribution in [0, 0.1) is 5.82 Å². The van der Waals surface area contributed by atoms with Crippen LogP contribution < -0.4 is 9.47 Å². The Balaban J connectivity index is 1.69. The number of fused-ring (bicyclic) bond motifs is 1. The fraction of sp³-hybridized carbons (Fsp3) is 0.381. The lowest BCUT2D eigenvalue weighted by Crippen LogP contribution is -2.36. The summed E-state index contributed by atoms with van der Waals surface area (Å²) in [6, 6.07) is 10.3. The van der Waals surface area contributed by atoms with Crippen LogP contribution in [0.4, 0.5) is 4.39 Å². The van der Waals surface area contributed by atoms with Crippen molar-refractivity contribution >= 4 is 5.91 Å². The topological polar surface area (TPSA) is 38.8 Å². The molecule has 0 aliphatic carbocycles. The summed E-state index contributed by atoms with van der Waals surface area (Å²) < 4.78 is 23.8. The molecule has 0 fully saturated rings. The molecule has 1 aliphatic rings. The molecule has 0 bridgehead atoms. The number of nitrogens with zero attached hydrogens (tertiary/aromatic N) is 1. The summed E-state index contributed by atoms with van der Waals surface area (Å²) in [4.78, 5) is 14.6. The normalized spacial score (nSPS) is 14.5. The third kappa shape index (κ3) is 3.82. The highest BCUT2D eigenvalue weighted by molar-refractivity contribution is 5.77. The molecule has 2 aromatic rings. The molecule has 2 aromatic carbocycles. The van der Waals surface area contributed by atoms with Crippen LogP contribution in [0.5, 0.6) is 11.5 Å². The smallest absolute Gasteiger partial charge is 0.223 e. The monoisotopic (exact) mass is 357 g/mol. The van der Waals surface area contributed by atoms with E-state index in [9.17, 15) is 9.18 Å². The average molecular weight is 357 g/mol. The number of rotatable bonds is 5. The zero-order chi connectivity index (χ0) is 18.7. The number of carbonyl (C=O) groups excluding carboxylic acids is 1. The van der Waals surface area contributed by atoms with Crippen molar-refractivity contribution in [3.8, 4) is 11.5 Å². The molecule has 0 saturated carbocycles. The van der Waals surface area contributed by atoms with Gasteiger partial charge < -0.3 is 14.4 Å². The van der Waals surface area contributed by atoms with E-state index in [1.807, 2.05) is 24.0 Å². The van der Waals surface area contributed by atoms with E-state index in [4.69, 9.17) is 9.47 Å². The minimum atomic E-state index is -0.260. The molecular weight excluding hydrogens is 333 g/mol. The third-order valence-electron chi connectivity index (χ3n) is 4.99. The number of benzene rings is 2. The summed E-state index contributed by atoms with van der Waals surface area (Å²) in [5, 5.41) is 0. The first kappa shape index (κ1) is 18.2. The van der Waals surface area contributed by atoms with Gasteiger partial charge in [0.1, 0.15) is 5.82 Å². The maximum Gasteiger partial charge on any atom is 0.223 e. The minimum absolute atomic E-state index is 0.0508. The quantitative estimate of drug-likeness (QED) is 0.814. The molecule has 0 aromatic heterocycles.